The summed E-state index contributed by atoms with van der Waals surface area (Å²) in [6.07, 6.45) is 7.70. The first kappa shape index (κ1) is 13.4. The minimum Gasteiger partial charge on any atom is -0.306 e. The van der Waals surface area contributed by atoms with Crippen LogP contribution in [0.1, 0.15) is 44.5 Å². The average Bonchev–Trinajstić information content (AvgIpc) is 3.10. The maximum atomic E-state index is 3.92. The zero-order valence-corrected chi connectivity index (χ0v) is 13.0. The maximum Gasteiger partial charge on any atom is 0.0440 e. The monoisotopic (exact) mass is 275 g/mol. The molecule has 5 unspecified atom stereocenters. The predicted molar refractivity (Wildman–Crippen MR) is 83.3 cm³/mol. The van der Waals surface area contributed by atoms with E-state index < -0.39 is 0 Å². The fourth-order valence-corrected chi connectivity index (χ4v) is 4.83. The van der Waals surface area contributed by atoms with Crippen molar-refractivity contribution in [3.05, 3.63) is 34.5 Å². The molecular weight excluding hydrogens is 250 g/mol. The van der Waals surface area contributed by atoms with E-state index in [4.69, 9.17) is 0 Å². The molecule has 1 fully saturated rings. The second-order valence-electron chi connectivity index (χ2n) is 6.64. The van der Waals surface area contributed by atoms with Crippen molar-refractivity contribution in [1.82, 2.24) is 5.32 Å². The highest BCUT2D eigenvalue weighted by Crippen LogP contribution is 2.45. The number of allylic oxidation sites excluding steroid dienone is 2. The molecule has 1 saturated carbocycles. The zero-order valence-electron chi connectivity index (χ0n) is 12.2. The van der Waals surface area contributed by atoms with Crippen LogP contribution in [-0.4, -0.2) is 6.04 Å². The van der Waals surface area contributed by atoms with Gasteiger partial charge in [0.15, 0.2) is 0 Å². The summed E-state index contributed by atoms with van der Waals surface area (Å²) in [7, 11) is 0. The Morgan fingerprint density at radius 3 is 2.58 bits per heavy atom. The van der Waals surface area contributed by atoms with E-state index in [9.17, 15) is 0 Å². The van der Waals surface area contributed by atoms with Crippen LogP contribution in [0.25, 0.3) is 0 Å². The molecule has 2 aliphatic carbocycles. The molecule has 2 heteroatoms. The summed E-state index contributed by atoms with van der Waals surface area (Å²) in [5.41, 5.74) is 0. The van der Waals surface area contributed by atoms with Gasteiger partial charge in [0.2, 0.25) is 0 Å². The predicted octanol–water partition coefficient (Wildman–Crippen LogP) is 4.64. The van der Waals surface area contributed by atoms with Crippen molar-refractivity contribution in [2.24, 2.45) is 23.7 Å². The molecule has 1 N–H and O–H groups in total. The van der Waals surface area contributed by atoms with Crippen LogP contribution < -0.4 is 5.32 Å². The molecule has 104 valence electrons. The molecule has 0 amide bonds. The van der Waals surface area contributed by atoms with Crippen LogP contribution >= 0.6 is 11.3 Å². The van der Waals surface area contributed by atoms with E-state index in [1.54, 1.807) is 0 Å². The van der Waals surface area contributed by atoms with Gasteiger partial charge >= 0.3 is 0 Å². The lowest BCUT2D eigenvalue weighted by atomic mass is 9.86. The number of fused-ring (bicyclic) bond motifs is 2. The molecule has 0 radical (unpaired) electrons. The summed E-state index contributed by atoms with van der Waals surface area (Å²) in [5, 5.41) is 6.11. The first-order valence-electron chi connectivity index (χ1n) is 7.63. The minimum absolute atomic E-state index is 0.512. The Hall–Kier alpha value is -0.600. The van der Waals surface area contributed by atoms with Crippen LogP contribution in [0.4, 0.5) is 0 Å². The second kappa shape index (κ2) is 5.41. The maximum absolute atomic E-state index is 3.92. The molecule has 2 bridgehead atoms. The molecule has 5 atom stereocenters. The third-order valence-corrected chi connectivity index (χ3v) is 5.89. The molecular formula is C17H25NS. The summed E-state index contributed by atoms with van der Waals surface area (Å²) in [6, 6.07) is 5.57. The van der Waals surface area contributed by atoms with E-state index in [0.717, 1.165) is 17.8 Å². The largest absolute Gasteiger partial charge is 0.306 e. The number of hydrogen-bond donors (Lipinski definition) is 1. The van der Waals surface area contributed by atoms with Crippen LogP contribution in [-0.2, 0) is 0 Å². The van der Waals surface area contributed by atoms with E-state index in [0.29, 0.717) is 18.0 Å². The highest BCUT2D eigenvalue weighted by atomic mass is 32.1. The van der Waals surface area contributed by atoms with Gasteiger partial charge in [-0.2, -0.15) is 0 Å². The van der Waals surface area contributed by atoms with Crippen molar-refractivity contribution in [2.75, 3.05) is 0 Å². The smallest absolute Gasteiger partial charge is 0.0440 e. The molecule has 1 aromatic rings. The molecule has 0 aliphatic heterocycles. The van der Waals surface area contributed by atoms with Gasteiger partial charge < -0.3 is 5.32 Å². The van der Waals surface area contributed by atoms with Gasteiger partial charge in [-0.05, 0) is 54.9 Å². The normalized spacial score (nSPS) is 32.1. The second-order valence-corrected chi connectivity index (χ2v) is 7.62. The molecule has 1 nitrogen and oxygen atoms in total. The first-order chi connectivity index (χ1) is 9.15. The lowest BCUT2D eigenvalue weighted by Crippen LogP contribution is -2.39. The molecule has 19 heavy (non-hydrogen) atoms. The molecule has 0 spiro atoms. The van der Waals surface area contributed by atoms with Crippen LogP contribution in [0, 0.1) is 23.7 Å². The Labute approximate surface area is 121 Å². The molecule has 3 rings (SSSR count). The SMILES string of the molecule is CC(C)C(NC(C)C1CC2C=CC1C2)c1cccs1. The quantitative estimate of drug-likeness (QED) is 0.772. The summed E-state index contributed by atoms with van der Waals surface area (Å²) in [4.78, 5) is 1.49. The Morgan fingerprint density at radius 1 is 1.21 bits per heavy atom. The lowest BCUT2D eigenvalue weighted by molar-refractivity contribution is 0.275. The van der Waals surface area contributed by atoms with Gasteiger partial charge in [-0.3, -0.25) is 0 Å². The van der Waals surface area contributed by atoms with Gasteiger partial charge in [0.05, 0.1) is 0 Å². The van der Waals surface area contributed by atoms with Crippen molar-refractivity contribution in [3.8, 4) is 0 Å². The highest BCUT2D eigenvalue weighted by Gasteiger charge is 2.39. The summed E-state index contributed by atoms with van der Waals surface area (Å²) < 4.78 is 0. The van der Waals surface area contributed by atoms with Crippen LogP contribution in [0.3, 0.4) is 0 Å². The van der Waals surface area contributed by atoms with Gasteiger partial charge in [0.1, 0.15) is 0 Å². The van der Waals surface area contributed by atoms with Crippen LogP contribution in [0.5, 0.6) is 0 Å². The van der Waals surface area contributed by atoms with E-state index in [-0.39, 0.29) is 0 Å². The lowest BCUT2D eigenvalue weighted by Gasteiger charge is -2.32. The Bertz CT molecular complexity index is 434. The summed E-state index contributed by atoms with van der Waals surface area (Å²) in [5.74, 6) is 3.20. The van der Waals surface area contributed by atoms with Crippen molar-refractivity contribution in [3.63, 3.8) is 0 Å². The van der Waals surface area contributed by atoms with E-state index >= 15 is 0 Å². The molecule has 1 heterocycles. The number of thiophene rings is 1. The molecule has 2 aliphatic rings. The van der Waals surface area contributed by atoms with Gasteiger partial charge in [0.25, 0.3) is 0 Å². The van der Waals surface area contributed by atoms with Crippen molar-refractivity contribution in [1.29, 1.82) is 0 Å². The topological polar surface area (TPSA) is 12.0 Å². The Morgan fingerprint density at radius 2 is 2.05 bits per heavy atom. The van der Waals surface area contributed by atoms with E-state index in [1.807, 2.05) is 11.3 Å². The number of rotatable bonds is 5. The van der Waals surface area contributed by atoms with Gasteiger partial charge in [-0.15, -0.1) is 11.3 Å². The first-order valence-corrected chi connectivity index (χ1v) is 8.51. The fourth-order valence-electron chi connectivity index (χ4n) is 3.88. The van der Waals surface area contributed by atoms with Crippen LogP contribution in [0.2, 0.25) is 0 Å². The fraction of sp³-hybridized carbons (Fsp3) is 0.647. The average molecular weight is 275 g/mol. The number of hydrogen-bond acceptors (Lipinski definition) is 2. The number of nitrogens with one attached hydrogen (secondary N) is 1. The van der Waals surface area contributed by atoms with Crippen molar-refractivity contribution < 1.29 is 0 Å². The zero-order chi connectivity index (χ0) is 13.4. The van der Waals surface area contributed by atoms with Gasteiger partial charge in [-0.1, -0.05) is 32.1 Å². The third kappa shape index (κ3) is 2.66. The third-order valence-electron chi connectivity index (χ3n) is 4.93. The molecule has 0 saturated heterocycles. The molecule has 0 aromatic carbocycles. The van der Waals surface area contributed by atoms with Gasteiger partial charge in [0, 0.05) is 17.0 Å². The minimum atomic E-state index is 0.512. The van der Waals surface area contributed by atoms with Crippen molar-refractivity contribution in [2.45, 2.75) is 45.7 Å². The van der Waals surface area contributed by atoms with Crippen LogP contribution in [0.15, 0.2) is 29.7 Å². The summed E-state index contributed by atoms with van der Waals surface area (Å²) in [6.45, 7) is 7.04. The Kier molecular flexibility index (Phi) is 3.81. The summed E-state index contributed by atoms with van der Waals surface area (Å²) >= 11 is 1.88. The Balaban J connectivity index is 1.67. The standard InChI is InChI=1S/C17H25NS/c1-11(2)17(16-5-4-8-19-16)18-12(3)15-10-13-6-7-14(15)9-13/h4-8,11-15,17-18H,9-10H2,1-3H3. The van der Waals surface area contributed by atoms with E-state index in [2.05, 4.69) is 55.8 Å². The molecule has 1 aromatic heterocycles. The van der Waals surface area contributed by atoms with Gasteiger partial charge in [-0.25, -0.2) is 0 Å². The van der Waals surface area contributed by atoms with E-state index in [1.165, 1.54) is 17.7 Å². The van der Waals surface area contributed by atoms with Crippen molar-refractivity contribution >= 4 is 11.3 Å². The highest BCUT2D eigenvalue weighted by molar-refractivity contribution is 7.10.